The van der Waals surface area contributed by atoms with Gasteiger partial charge in [-0.1, -0.05) is 12.1 Å². The molecule has 0 radical (unpaired) electrons. The van der Waals surface area contributed by atoms with E-state index in [1.165, 1.54) is 0 Å². The van der Waals surface area contributed by atoms with Gasteiger partial charge in [0.2, 0.25) is 5.75 Å². The van der Waals surface area contributed by atoms with E-state index in [2.05, 4.69) is 11.6 Å². The van der Waals surface area contributed by atoms with Crippen LogP contribution < -0.4 is 11.5 Å². The average Bonchev–Trinajstić information content (AvgIpc) is 1.97. The van der Waals surface area contributed by atoms with Crippen molar-refractivity contribution < 1.29 is 4.79 Å². The first-order chi connectivity index (χ1) is 5.22. The van der Waals surface area contributed by atoms with Crippen molar-refractivity contribution in [2.24, 2.45) is 0 Å². The second kappa shape index (κ2) is 5.56. The number of nitrogens with two attached hydrogens (primary N) is 2. The fourth-order valence-corrected chi connectivity index (χ4v) is 0.511. The van der Waals surface area contributed by atoms with Crippen LogP contribution in [0.5, 0.6) is 0 Å². The predicted octanol–water partition coefficient (Wildman–Crippen LogP) is 1.27. The van der Waals surface area contributed by atoms with Gasteiger partial charge in [0.1, 0.15) is 0 Å². The van der Waals surface area contributed by atoms with E-state index in [0.29, 0.717) is 11.4 Å². The zero-order chi connectivity index (χ0) is 8.69. The van der Waals surface area contributed by atoms with Crippen LogP contribution >= 0.6 is 11.6 Å². The van der Waals surface area contributed by atoms with Crippen LogP contribution in [0.2, 0.25) is 0 Å². The van der Waals surface area contributed by atoms with E-state index in [1.807, 2.05) is 12.1 Å². The molecule has 1 aromatic rings. The average molecular weight is 173 g/mol. The van der Waals surface area contributed by atoms with E-state index >= 15 is 0 Å². The van der Waals surface area contributed by atoms with Crippen LogP contribution in [0.3, 0.4) is 0 Å². The SMILES string of the molecule is Nc1ccccc1N.O=CCl. The van der Waals surface area contributed by atoms with Crippen molar-refractivity contribution in [1.82, 2.24) is 0 Å². The lowest BCUT2D eigenvalue weighted by Crippen LogP contribution is -1.91. The van der Waals surface area contributed by atoms with Gasteiger partial charge in [-0.3, -0.25) is 4.79 Å². The number of benzene rings is 1. The molecule has 0 fully saturated rings. The van der Waals surface area contributed by atoms with Crippen LogP contribution in [0.1, 0.15) is 0 Å². The molecule has 0 unspecified atom stereocenters. The molecule has 0 aliphatic carbocycles. The summed E-state index contributed by atoms with van der Waals surface area (Å²) in [5.74, 6) is 0.222. The van der Waals surface area contributed by atoms with Crippen molar-refractivity contribution in [2.75, 3.05) is 11.5 Å². The molecule has 3 nitrogen and oxygen atoms in total. The summed E-state index contributed by atoms with van der Waals surface area (Å²) in [4.78, 5) is 8.57. The van der Waals surface area contributed by atoms with Crippen LogP contribution in [0.15, 0.2) is 24.3 Å². The largest absolute Gasteiger partial charge is 0.397 e. The number of carbonyl (C=O) groups is 1. The molecule has 11 heavy (non-hydrogen) atoms. The zero-order valence-electron chi connectivity index (χ0n) is 5.83. The molecule has 1 rings (SSSR count). The Labute approximate surface area is 69.9 Å². The summed E-state index contributed by atoms with van der Waals surface area (Å²) in [7, 11) is 0. The number of halogens is 1. The normalized spacial score (nSPS) is 7.73. The minimum atomic E-state index is 0.222. The maximum absolute atomic E-state index is 8.57. The smallest absolute Gasteiger partial charge is 0.208 e. The molecule has 0 aromatic heterocycles. The summed E-state index contributed by atoms with van der Waals surface area (Å²) in [6.45, 7) is 0. The maximum Gasteiger partial charge on any atom is 0.208 e. The molecule has 0 aliphatic heterocycles. The number of carbonyl (C=O) groups excluding carboxylic acids is 1. The van der Waals surface area contributed by atoms with Crippen LogP contribution in [0, 0.1) is 0 Å². The summed E-state index contributed by atoms with van der Waals surface area (Å²) < 4.78 is 0. The van der Waals surface area contributed by atoms with Crippen LogP contribution in [-0.4, -0.2) is 5.75 Å². The lowest BCUT2D eigenvalue weighted by atomic mass is 10.3. The highest BCUT2D eigenvalue weighted by atomic mass is 35.5. The number of hydrogen-bond donors (Lipinski definition) is 2. The molecule has 0 heterocycles. The van der Waals surface area contributed by atoms with Crippen LogP contribution in [0.4, 0.5) is 11.4 Å². The third kappa shape index (κ3) is 4.22. The first-order valence-electron chi connectivity index (χ1n) is 2.86. The van der Waals surface area contributed by atoms with Crippen LogP contribution in [-0.2, 0) is 4.79 Å². The van der Waals surface area contributed by atoms with Gasteiger partial charge in [0.25, 0.3) is 0 Å². The van der Waals surface area contributed by atoms with Crippen molar-refractivity contribution in [2.45, 2.75) is 0 Å². The molecule has 0 bridgehead atoms. The standard InChI is InChI=1S/C6H8N2.CHClO/c7-5-3-1-2-4-6(5)8;2-1-3/h1-4H,7-8H2;1H. The number of hydrogen-bond acceptors (Lipinski definition) is 3. The van der Waals surface area contributed by atoms with Gasteiger partial charge < -0.3 is 11.5 Å². The molecule has 0 aliphatic rings. The van der Waals surface area contributed by atoms with Gasteiger partial charge in [-0.2, -0.15) is 0 Å². The van der Waals surface area contributed by atoms with Gasteiger partial charge in [0, 0.05) is 0 Å². The van der Waals surface area contributed by atoms with E-state index in [4.69, 9.17) is 16.3 Å². The van der Waals surface area contributed by atoms with Gasteiger partial charge in [-0.05, 0) is 23.7 Å². The molecular formula is C7H9ClN2O. The number of nitrogen functional groups attached to an aromatic ring is 2. The van der Waals surface area contributed by atoms with Crippen LogP contribution in [0.25, 0.3) is 0 Å². The van der Waals surface area contributed by atoms with Gasteiger partial charge in [0.15, 0.2) is 0 Å². The minimum Gasteiger partial charge on any atom is -0.397 e. The molecule has 0 amide bonds. The molecule has 0 saturated heterocycles. The third-order valence-electron chi connectivity index (χ3n) is 0.996. The Balaban J connectivity index is 0.000000292. The van der Waals surface area contributed by atoms with Gasteiger partial charge >= 0.3 is 0 Å². The van der Waals surface area contributed by atoms with Gasteiger partial charge in [0.05, 0.1) is 11.4 Å². The summed E-state index contributed by atoms with van der Waals surface area (Å²) in [6.07, 6.45) is 0. The highest BCUT2D eigenvalue weighted by Gasteiger charge is 1.85. The number of para-hydroxylation sites is 2. The molecule has 0 spiro atoms. The van der Waals surface area contributed by atoms with E-state index < -0.39 is 0 Å². The first kappa shape index (κ1) is 9.78. The lowest BCUT2D eigenvalue weighted by Gasteiger charge is -1.94. The predicted molar refractivity (Wildman–Crippen MR) is 47.9 cm³/mol. The lowest BCUT2D eigenvalue weighted by molar-refractivity contribution is 0.569. The van der Waals surface area contributed by atoms with E-state index in [1.54, 1.807) is 12.1 Å². The Morgan fingerprint density at radius 2 is 1.45 bits per heavy atom. The monoisotopic (exact) mass is 172 g/mol. The minimum absolute atomic E-state index is 0.222. The summed E-state index contributed by atoms with van der Waals surface area (Å²) in [5.41, 5.74) is 12.1. The molecule has 1 aromatic carbocycles. The van der Waals surface area contributed by atoms with Crippen molar-refractivity contribution in [3.63, 3.8) is 0 Å². The summed E-state index contributed by atoms with van der Waals surface area (Å²) in [6, 6.07) is 7.25. The van der Waals surface area contributed by atoms with Crippen molar-refractivity contribution in [1.29, 1.82) is 0 Å². The molecule has 4 N–H and O–H groups in total. The second-order valence-corrected chi connectivity index (χ2v) is 1.90. The maximum atomic E-state index is 8.57. The molecule has 0 atom stereocenters. The Morgan fingerprint density at radius 3 is 1.64 bits per heavy atom. The molecular weight excluding hydrogens is 164 g/mol. The van der Waals surface area contributed by atoms with Crippen molar-refractivity contribution in [3.8, 4) is 0 Å². The Hall–Kier alpha value is -1.22. The molecule has 4 heteroatoms. The van der Waals surface area contributed by atoms with Gasteiger partial charge in [-0.25, -0.2) is 0 Å². The molecule has 0 saturated carbocycles. The Morgan fingerprint density at radius 1 is 1.18 bits per heavy atom. The number of rotatable bonds is 0. The highest BCUT2D eigenvalue weighted by molar-refractivity contribution is 6.54. The number of anilines is 2. The molecule has 60 valence electrons. The fourth-order valence-electron chi connectivity index (χ4n) is 0.511. The second-order valence-electron chi connectivity index (χ2n) is 1.72. The zero-order valence-corrected chi connectivity index (χ0v) is 6.58. The Bertz CT molecular complexity index is 206. The summed E-state index contributed by atoms with van der Waals surface area (Å²) in [5, 5.41) is 0. The van der Waals surface area contributed by atoms with Gasteiger partial charge in [-0.15, -0.1) is 0 Å². The first-order valence-corrected chi connectivity index (χ1v) is 3.30. The van der Waals surface area contributed by atoms with E-state index in [-0.39, 0.29) is 5.75 Å². The highest BCUT2D eigenvalue weighted by Crippen LogP contribution is 2.10. The third-order valence-corrected chi connectivity index (χ3v) is 0.996. The fraction of sp³-hybridized carbons (Fsp3) is 0. The Kier molecular flexibility index (Phi) is 4.94. The van der Waals surface area contributed by atoms with E-state index in [9.17, 15) is 0 Å². The topological polar surface area (TPSA) is 69.1 Å². The van der Waals surface area contributed by atoms with Crippen molar-refractivity contribution >= 4 is 28.7 Å². The summed E-state index contributed by atoms with van der Waals surface area (Å²) >= 11 is 4.32. The quantitative estimate of drug-likeness (QED) is 0.352. The van der Waals surface area contributed by atoms with Crippen molar-refractivity contribution in [3.05, 3.63) is 24.3 Å². The van der Waals surface area contributed by atoms with E-state index in [0.717, 1.165) is 0 Å².